The third-order valence-corrected chi connectivity index (χ3v) is 4.77. The van der Waals surface area contributed by atoms with Gasteiger partial charge in [0.05, 0.1) is 17.6 Å². The number of carbonyl (C=O) groups is 2. The minimum atomic E-state index is -0.740. The summed E-state index contributed by atoms with van der Waals surface area (Å²) in [5.41, 5.74) is -0.944. The van der Waals surface area contributed by atoms with E-state index in [9.17, 15) is 14.7 Å². The van der Waals surface area contributed by atoms with Crippen LogP contribution in [0.4, 0.5) is 4.79 Å². The Morgan fingerprint density at radius 3 is 2.40 bits per heavy atom. The number of aliphatic carboxylic acids is 1. The third kappa shape index (κ3) is 2.90. The Bertz CT molecular complexity index is 383. The molecule has 6 heteroatoms. The Balaban J connectivity index is 1.90. The molecule has 1 unspecified atom stereocenters. The van der Waals surface area contributed by atoms with Crippen LogP contribution in [0.25, 0.3) is 0 Å². The van der Waals surface area contributed by atoms with E-state index in [-0.39, 0.29) is 11.6 Å². The smallest absolute Gasteiger partial charge is 0.317 e. The van der Waals surface area contributed by atoms with E-state index < -0.39 is 11.4 Å². The Morgan fingerprint density at radius 2 is 1.95 bits per heavy atom. The average molecular weight is 284 g/mol. The van der Waals surface area contributed by atoms with Crippen molar-refractivity contribution in [2.24, 2.45) is 5.41 Å². The fourth-order valence-electron chi connectivity index (χ4n) is 2.96. The molecule has 0 spiro atoms. The van der Waals surface area contributed by atoms with Crippen LogP contribution in [0.2, 0.25) is 0 Å². The molecule has 2 saturated heterocycles. The number of hydrogen-bond acceptors (Lipinski definition) is 3. The number of urea groups is 1. The van der Waals surface area contributed by atoms with E-state index in [0.717, 1.165) is 6.42 Å². The van der Waals surface area contributed by atoms with Crippen molar-refractivity contribution in [2.75, 3.05) is 26.3 Å². The molecule has 6 nitrogen and oxygen atoms in total. The molecule has 0 radical (unpaired) electrons. The lowest BCUT2D eigenvalue weighted by atomic mass is 9.76. The molecule has 2 N–H and O–H groups in total. The van der Waals surface area contributed by atoms with Crippen molar-refractivity contribution in [1.82, 2.24) is 10.2 Å². The Hall–Kier alpha value is -1.30. The van der Waals surface area contributed by atoms with Gasteiger partial charge >= 0.3 is 12.0 Å². The number of likely N-dealkylation sites (tertiary alicyclic amines) is 1. The molecular weight excluding hydrogens is 260 g/mol. The molecule has 0 aromatic heterocycles. The van der Waals surface area contributed by atoms with Gasteiger partial charge in [0.25, 0.3) is 0 Å². The first-order chi connectivity index (χ1) is 9.41. The highest BCUT2D eigenvalue weighted by Gasteiger charge is 2.41. The average Bonchev–Trinajstić information content (AvgIpc) is 2.85. The van der Waals surface area contributed by atoms with Gasteiger partial charge in [0.15, 0.2) is 0 Å². The molecule has 1 atom stereocenters. The van der Waals surface area contributed by atoms with E-state index >= 15 is 0 Å². The molecule has 2 rings (SSSR count). The fraction of sp³-hybridized carbons (Fsp3) is 0.857. The maximum absolute atomic E-state index is 12.2. The van der Waals surface area contributed by atoms with Crippen LogP contribution < -0.4 is 5.32 Å². The number of carboxylic acid groups (broad SMARTS) is 1. The predicted molar refractivity (Wildman–Crippen MR) is 73.5 cm³/mol. The molecule has 0 aliphatic carbocycles. The predicted octanol–water partition coefficient (Wildman–Crippen LogP) is 1.45. The van der Waals surface area contributed by atoms with E-state index in [1.165, 1.54) is 0 Å². The largest absolute Gasteiger partial charge is 0.481 e. The quantitative estimate of drug-likeness (QED) is 0.822. The number of carboxylic acids is 1. The van der Waals surface area contributed by atoms with Gasteiger partial charge in [0.1, 0.15) is 0 Å². The van der Waals surface area contributed by atoms with Crippen LogP contribution in [0.5, 0.6) is 0 Å². The monoisotopic (exact) mass is 284 g/mol. The van der Waals surface area contributed by atoms with E-state index in [0.29, 0.717) is 45.6 Å². The lowest BCUT2D eigenvalue weighted by Gasteiger charge is -2.39. The lowest BCUT2D eigenvalue weighted by Crippen LogP contribution is -2.55. The first-order valence-electron chi connectivity index (χ1n) is 7.29. The molecule has 2 amide bonds. The van der Waals surface area contributed by atoms with Crippen LogP contribution in [0, 0.1) is 5.41 Å². The number of carbonyl (C=O) groups excluding carboxylic acids is 1. The summed E-state index contributed by atoms with van der Waals surface area (Å²) < 4.78 is 5.32. The third-order valence-electron chi connectivity index (χ3n) is 4.77. The zero-order valence-corrected chi connectivity index (χ0v) is 12.3. The molecule has 0 aromatic rings. The summed E-state index contributed by atoms with van der Waals surface area (Å²) in [4.78, 5) is 25.3. The van der Waals surface area contributed by atoms with Crippen LogP contribution in [-0.4, -0.2) is 53.8 Å². The minimum absolute atomic E-state index is 0.104. The topological polar surface area (TPSA) is 78.9 Å². The summed E-state index contributed by atoms with van der Waals surface area (Å²) in [6.07, 6.45) is 2.49. The van der Waals surface area contributed by atoms with Crippen molar-refractivity contribution in [1.29, 1.82) is 0 Å². The van der Waals surface area contributed by atoms with Gasteiger partial charge in [-0.25, -0.2) is 4.79 Å². The van der Waals surface area contributed by atoms with Crippen LogP contribution in [-0.2, 0) is 9.53 Å². The highest BCUT2D eigenvalue weighted by molar-refractivity contribution is 5.77. The van der Waals surface area contributed by atoms with Crippen LogP contribution in [0.1, 0.15) is 39.5 Å². The molecule has 0 bridgehead atoms. The molecule has 0 saturated carbocycles. The van der Waals surface area contributed by atoms with Crippen molar-refractivity contribution < 1.29 is 19.4 Å². The molecule has 2 fully saturated rings. The Labute approximate surface area is 119 Å². The van der Waals surface area contributed by atoms with Crippen molar-refractivity contribution in [2.45, 2.75) is 45.1 Å². The molecular formula is C14H24N2O4. The van der Waals surface area contributed by atoms with Gasteiger partial charge in [-0.2, -0.15) is 0 Å². The molecule has 0 aromatic carbocycles. The number of rotatable bonds is 3. The highest BCUT2D eigenvalue weighted by Crippen LogP contribution is 2.35. The minimum Gasteiger partial charge on any atom is -0.481 e. The number of piperidine rings is 1. The van der Waals surface area contributed by atoms with E-state index in [1.807, 2.05) is 13.8 Å². The zero-order chi connectivity index (χ0) is 14.8. The Kier molecular flexibility index (Phi) is 4.22. The SMILES string of the molecule is CCC1(C(=O)O)CCN(C(=O)NC2(C)CCOC2)CC1. The van der Waals surface area contributed by atoms with Crippen LogP contribution in [0.3, 0.4) is 0 Å². The molecule has 2 aliphatic rings. The molecule has 20 heavy (non-hydrogen) atoms. The number of hydrogen-bond donors (Lipinski definition) is 2. The second kappa shape index (κ2) is 5.60. The van der Waals surface area contributed by atoms with Crippen molar-refractivity contribution in [3.63, 3.8) is 0 Å². The molecule has 114 valence electrons. The van der Waals surface area contributed by atoms with Crippen molar-refractivity contribution in [3.05, 3.63) is 0 Å². The summed E-state index contributed by atoms with van der Waals surface area (Å²) in [5.74, 6) is -0.740. The van der Waals surface area contributed by atoms with E-state index in [1.54, 1.807) is 4.90 Å². The maximum atomic E-state index is 12.2. The number of nitrogens with one attached hydrogen (secondary N) is 1. The number of nitrogens with zero attached hydrogens (tertiary/aromatic N) is 1. The van der Waals surface area contributed by atoms with Crippen molar-refractivity contribution >= 4 is 12.0 Å². The molecule has 2 heterocycles. The van der Waals surface area contributed by atoms with Gasteiger partial charge in [0.2, 0.25) is 0 Å². The molecule has 2 aliphatic heterocycles. The van der Waals surface area contributed by atoms with Gasteiger partial charge in [-0.15, -0.1) is 0 Å². The highest BCUT2D eigenvalue weighted by atomic mass is 16.5. The van der Waals surface area contributed by atoms with Gasteiger partial charge in [-0.05, 0) is 32.6 Å². The zero-order valence-electron chi connectivity index (χ0n) is 12.3. The summed E-state index contributed by atoms with van der Waals surface area (Å²) >= 11 is 0. The van der Waals surface area contributed by atoms with E-state index in [4.69, 9.17) is 4.74 Å². The number of ether oxygens (including phenoxy) is 1. The fourth-order valence-corrected chi connectivity index (χ4v) is 2.96. The second-order valence-electron chi connectivity index (χ2n) is 6.22. The summed E-state index contributed by atoms with van der Waals surface area (Å²) in [6.45, 7) is 6.11. The summed E-state index contributed by atoms with van der Waals surface area (Å²) in [5, 5.41) is 12.4. The number of amides is 2. The normalized spacial score (nSPS) is 29.2. The van der Waals surface area contributed by atoms with Crippen molar-refractivity contribution in [3.8, 4) is 0 Å². The summed E-state index contributed by atoms with van der Waals surface area (Å²) in [7, 11) is 0. The Morgan fingerprint density at radius 1 is 1.30 bits per heavy atom. The van der Waals surface area contributed by atoms with Gasteiger partial charge < -0.3 is 20.1 Å². The standard InChI is InChI=1S/C14H24N2O4/c1-3-14(11(17)18)4-7-16(8-5-14)12(19)15-13(2)6-9-20-10-13/h3-10H2,1-2H3,(H,15,19)(H,17,18). The van der Waals surface area contributed by atoms with E-state index in [2.05, 4.69) is 5.32 Å². The first kappa shape index (κ1) is 15.1. The van der Waals surface area contributed by atoms with Crippen LogP contribution >= 0.6 is 0 Å². The van der Waals surface area contributed by atoms with Gasteiger partial charge in [0, 0.05) is 19.7 Å². The van der Waals surface area contributed by atoms with Gasteiger partial charge in [-0.1, -0.05) is 6.92 Å². The van der Waals surface area contributed by atoms with Gasteiger partial charge in [-0.3, -0.25) is 4.79 Å². The maximum Gasteiger partial charge on any atom is 0.317 e. The second-order valence-corrected chi connectivity index (χ2v) is 6.22. The first-order valence-corrected chi connectivity index (χ1v) is 7.29. The summed E-state index contributed by atoms with van der Waals surface area (Å²) in [6, 6.07) is -0.104. The lowest BCUT2D eigenvalue weighted by molar-refractivity contribution is -0.152. The van der Waals surface area contributed by atoms with Crippen LogP contribution in [0.15, 0.2) is 0 Å².